The maximum Gasteiger partial charge on any atom is 0.228 e. The van der Waals surface area contributed by atoms with E-state index >= 15 is 0 Å². The molecule has 2 N–H and O–H groups in total. The SMILES string of the molecule is CCC(C)(N)COc1ncc(Br)cc1Br. The Bertz CT molecular complexity index is 342. The molecule has 0 aliphatic carbocycles. The van der Waals surface area contributed by atoms with Gasteiger partial charge in [-0.1, -0.05) is 6.92 Å². The van der Waals surface area contributed by atoms with Gasteiger partial charge in [0, 0.05) is 16.2 Å². The van der Waals surface area contributed by atoms with Crippen LogP contribution >= 0.6 is 31.9 Å². The minimum atomic E-state index is -0.311. The summed E-state index contributed by atoms with van der Waals surface area (Å²) in [4.78, 5) is 4.14. The van der Waals surface area contributed by atoms with Crippen LogP contribution in [0.15, 0.2) is 21.2 Å². The van der Waals surface area contributed by atoms with Crippen molar-refractivity contribution in [3.8, 4) is 5.88 Å². The first-order valence-electron chi connectivity index (χ1n) is 4.67. The largest absolute Gasteiger partial charge is 0.475 e. The third kappa shape index (κ3) is 4.09. The summed E-state index contributed by atoms with van der Waals surface area (Å²) in [6.45, 7) is 4.45. The van der Waals surface area contributed by atoms with E-state index in [4.69, 9.17) is 10.5 Å². The van der Waals surface area contributed by atoms with Gasteiger partial charge in [-0.05, 0) is 51.3 Å². The molecule has 0 fully saturated rings. The van der Waals surface area contributed by atoms with E-state index in [0.29, 0.717) is 12.5 Å². The van der Waals surface area contributed by atoms with E-state index in [2.05, 4.69) is 36.8 Å². The van der Waals surface area contributed by atoms with Crippen LogP contribution in [0.2, 0.25) is 0 Å². The van der Waals surface area contributed by atoms with Gasteiger partial charge in [-0.15, -0.1) is 0 Å². The molecular formula is C10H14Br2N2O. The van der Waals surface area contributed by atoms with Crippen LogP contribution < -0.4 is 10.5 Å². The van der Waals surface area contributed by atoms with Gasteiger partial charge in [0.15, 0.2) is 0 Å². The minimum absolute atomic E-state index is 0.311. The van der Waals surface area contributed by atoms with E-state index < -0.39 is 0 Å². The number of ether oxygens (including phenoxy) is 1. The lowest BCUT2D eigenvalue weighted by Crippen LogP contribution is -2.41. The van der Waals surface area contributed by atoms with Gasteiger partial charge in [-0.2, -0.15) is 0 Å². The topological polar surface area (TPSA) is 48.1 Å². The van der Waals surface area contributed by atoms with E-state index in [1.807, 2.05) is 19.9 Å². The Balaban J connectivity index is 2.66. The average molecular weight is 338 g/mol. The van der Waals surface area contributed by atoms with Crippen LogP contribution in [0.4, 0.5) is 0 Å². The Morgan fingerprint density at radius 3 is 2.73 bits per heavy atom. The number of halogens is 2. The van der Waals surface area contributed by atoms with Crippen LogP contribution in [0.5, 0.6) is 5.88 Å². The number of nitrogens with zero attached hydrogens (tertiary/aromatic N) is 1. The summed E-state index contributed by atoms with van der Waals surface area (Å²) in [6.07, 6.45) is 2.56. The summed E-state index contributed by atoms with van der Waals surface area (Å²) >= 11 is 6.71. The Kier molecular flexibility index (Phi) is 4.55. The highest BCUT2D eigenvalue weighted by molar-refractivity contribution is 9.11. The number of rotatable bonds is 4. The fourth-order valence-corrected chi connectivity index (χ4v) is 1.95. The van der Waals surface area contributed by atoms with E-state index in [9.17, 15) is 0 Å². The maximum atomic E-state index is 5.97. The zero-order chi connectivity index (χ0) is 11.5. The van der Waals surface area contributed by atoms with E-state index in [1.54, 1.807) is 6.20 Å². The lowest BCUT2D eigenvalue weighted by molar-refractivity contribution is 0.217. The number of hydrogen-bond acceptors (Lipinski definition) is 3. The smallest absolute Gasteiger partial charge is 0.228 e. The van der Waals surface area contributed by atoms with Gasteiger partial charge >= 0.3 is 0 Å². The van der Waals surface area contributed by atoms with Crippen molar-refractivity contribution in [2.75, 3.05) is 6.61 Å². The second-order valence-corrected chi connectivity index (χ2v) is 5.51. The summed E-state index contributed by atoms with van der Waals surface area (Å²) in [5, 5.41) is 0. The first kappa shape index (κ1) is 12.9. The van der Waals surface area contributed by atoms with Gasteiger partial charge in [-0.25, -0.2) is 4.98 Å². The van der Waals surface area contributed by atoms with Crippen molar-refractivity contribution in [2.45, 2.75) is 25.8 Å². The molecule has 3 nitrogen and oxygen atoms in total. The predicted octanol–water partition coefficient (Wildman–Crippen LogP) is 3.11. The number of pyridine rings is 1. The van der Waals surface area contributed by atoms with Gasteiger partial charge < -0.3 is 10.5 Å². The highest BCUT2D eigenvalue weighted by Crippen LogP contribution is 2.25. The number of aromatic nitrogens is 1. The Hall–Kier alpha value is -0.130. The lowest BCUT2D eigenvalue weighted by Gasteiger charge is -2.22. The van der Waals surface area contributed by atoms with E-state index in [0.717, 1.165) is 15.4 Å². The van der Waals surface area contributed by atoms with Crippen LogP contribution in [-0.4, -0.2) is 17.1 Å². The molecule has 0 aliphatic rings. The van der Waals surface area contributed by atoms with Gasteiger partial charge in [0.05, 0.1) is 4.47 Å². The second kappa shape index (κ2) is 5.27. The molecule has 1 heterocycles. The van der Waals surface area contributed by atoms with Crippen molar-refractivity contribution < 1.29 is 4.74 Å². The standard InChI is InChI=1S/C10H14Br2N2O/c1-3-10(2,13)6-15-9-8(12)4-7(11)5-14-9/h4-5H,3,6,13H2,1-2H3. The molecule has 1 aromatic heterocycles. The fourth-order valence-electron chi connectivity index (χ4n) is 0.844. The Labute approximate surface area is 107 Å². The Morgan fingerprint density at radius 2 is 2.20 bits per heavy atom. The van der Waals surface area contributed by atoms with Crippen molar-refractivity contribution >= 4 is 31.9 Å². The van der Waals surface area contributed by atoms with Crippen molar-refractivity contribution in [2.24, 2.45) is 5.73 Å². The molecule has 0 amide bonds. The lowest BCUT2D eigenvalue weighted by atomic mass is 10.0. The molecule has 1 unspecified atom stereocenters. The van der Waals surface area contributed by atoms with Crippen molar-refractivity contribution in [1.29, 1.82) is 0 Å². The van der Waals surface area contributed by atoms with Crippen molar-refractivity contribution in [3.05, 3.63) is 21.2 Å². The highest BCUT2D eigenvalue weighted by Gasteiger charge is 2.17. The zero-order valence-electron chi connectivity index (χ0n) is 8.76. The van der Waals surface area contributed by atoms with E-state index in [-0.39, 0.29) is 5.54 Å². The monoisotopic (exact) mass is 336 g/mol. The first-order chi connectivity index (χ1) is 6.94. The molecule has 5 heteroatoms. The molecule has 0 radical (unpaired) electrons. The minimum Gasteiger partial charge on any atom is -0.475 e. The molecule has 0 saturated heterocycles. The molecule has 0 aliphatic heterocycles. The van der Waals surface area contributed by atoms with E-state index in [1.165, 1.54) is 0 Å². The summed E-state index contributed by atoms with van der Waals surface area (Å²) in [5.74, 6) is 0.573. The summed E-state index contributed by atoms with van der Waals surface area (Å²) in [6, 6.07) is 1.89. The van der Waals surface area contributed by atoms with Crippen LogP contribution in [-0.2, 0) is 0 Å². The third-order valence-corrected chi connectivity index (χ3v) is 3.12. The third-order valence-electron chi connectivity index (χ3n) is 2.12. The summed E-state index contributed by atoms with van der Waals surface area (Å²) in [5.41, 5.74) is 5.66. The first-order valence-corrected chi connectivity index (χ1v) is 6.26. The normalized spacial score (nSPS) is 14.7. The summed E-state index contributed by atoms with van der Waals surface area (Å²) in [7, 11) is 0. The van der Waals surface area contributed by atoms with Gasteiger partial charge in [0.1, 0.15) is 6.61 Å². The molecule has 0 spiro atoms. The maximum absolute atomic E-state index is 5.97. The molecular weight excluding hydrogens is 324 g/mol. The Morgan fingerprint density at radius 1 is 1.53 bits per heavy atom. The van der Waals surface area contributed by atoms with Crippen molar-refractivity contribution in [1.82, 2.24) is 4.98 Å². The predicted molar refractivity (Wildman–Crippen MR) is 68.0 cm³/mol. The van der Waals surface area contributed by atoms with Crippen LogP contribution in [0.1, 0.15) is 20.3 Å². The number of nitrogens with two attached hydrogens (primary N) is 1. The summed E-state index contributed by atoms with van der Waals surface area (Å²) < 4.78 is 7.28. The van der Waals surface area contributed by atoms with Crippen molar-refractivity contribution in [3.63, 3.8) is 0 Å². The second-order valence-electron chi connectivity index (χ2n) is 3.74. The number of hydrogen-bond donors (Lipinski definition) is 1. The van der Waals surface area contributed by atoms with Crippen LogP contribution in [0.25, 0.3) is 0 Å². The van der Waals surface area contributed by atoms with Crippen LogP contribution in [0, 0.1) is 0 Å². The van der Waals surface area contributed by atoms with Gasteiger partial charge in [-0.3, -0.25) is 0 Å². The zero-order valence-corrected chi connectivity index (χ0v) is 11.9. The molecule has 0 aromatic carbocycles. The molecule has 1 atom stereocenters. The van der Waals surface area contributed by atoms with Gasteiger partial charge in [0.2, 0.25) is 5.88 Å². The quantitative estimate of drug-likeness (QED) is 0.918. The van der Waals surface area contributed by atoms with Crippen LogP contribution in [0.3, 0.4) is 0 Å². The molecule has 15 heavy (non-hydrogen) atoms. The molecule has 84 valence electrons. The highest BCUT2D eigenvalue weighted by atomic mass is 79.9. The average Bonchev–Trinajstić information content (AvgIpc) is 2.16. The van der Waals surface area contributed by atoms with Gasteiger partial charge in [0.25, 0.3) is 0 Å². The fraction of sp³-hybridized carbons (Fsp3) is 0.500. The molecule has 0 bridgehead atoms. The molecule has 1 rings (SSSR count). The molecule has 0 saturated carbocycles. The molecule has 1 aromatic rings.